The second-order valence-electron chi connectivity index (χ2n) is 4.26. The van der Waals surface area contributed by atoms with Crippen LogP contribution in [0.25, 0.3) is 0 Å². The van der Waals surface area contributed by atoms with Crippen molar-refractivity contribution in [2.24, 2.45) is 0 Å². The molecule has 112 valence electrons. The van der Waals surface area contributed by atoms with E-state index in [2.05, 4.69) is 4.74 Å². The van der Waals surface area contributed by atoms with Crippen LogP contribution in [0.15, 0.2) is 59.5 Å². The summed E-state index contributed by atoms with van der Waals surface area (Å²) in [5, 5.41) is 0. The zero-order chi connectivity index (χ0) is 15.5. The van der Waals surface area contributed by atoms with Gasteiger partial charge in [-0.15, -0.1) is 13.2 Å². The largest absolute Gasteiger partial charge is 0.573 e. The third kappa shape index (κ3) is 4.49. The number of hydrogen-bond acceptors (Lipinski definition) is 3. The quantitative estimate of drug-likeness (QED) is 0.866. The Morgan fingerprint density at radius 1 is 0.905 bits per heavy atom. The molecule has 2 rings (SSSR count). The maximum atomic E-state index is 12.1. The summed E-state index contributed by atoms with van der Waals surface area (Å²) in [6.07, 6.45) is -4.77. The summed E-state index contributed by atoms with van der Waals surface area (Å²) in [7, 11) is -3.52. The molecule has 21 heavy (non-hydrogen) atoms. The Morgan fingerprint density at radius 3 is 2.00 bits per heavy atom. The summed E-state index contributed by atoms with van der Waals surface area (Å²) in [5.41, 5.74) is 0.383. The van der Waals surface area contributed by atoms with Crippen molar-refractivity contribution in [2.45, 2.75) is 17.0 Å². The van der Waals surface area contributed by atoms with E-state index in [1.54, 1.807) is 18.2 Å². The van der Waals surface area contributed by atoms with E-state index in [0.29, 0.717) is 5.56 Å². The van der Waals surface area contributed by atoms with Crippen molar-refractivity contribution in [2.75, 3.05) is 0 Å². The second-order valence-corrected chi connectivity index (χ2v) is 6.25. The summed E-state index contributed by atoms with van der Waals surface area (Å²) >= 11 is 0. The first-order valence-electron chi connectivity index (χ1n) is 5.89. The lowest BCUT2D eigenvalue weighted by molar-refractivity contribution is -0.274. The first-order chi connectivity index (χ1) is 9.76. The number of rotatable bonds is 4. The van der Waals surface area contributed by atoms with Crippen LogP contribution >= 0.6 is 0 Å². The van der Waals surface area contributed by atoms with Crippen LogP contribution in [-0.2, 0) is 15.6 Å². The molecular weight excluding hydrogens is 305 g/mol. The average Bonchev–Trinajstić information content (AvgIpc) is 2.40. The van der Waals surface area contributed by atoms with Crippen LogP contribution in [0, 0.1) is 0 Å². The predicted molar refractivity (Wildman–Crippen MR) is 70.5 cm³/mol. The molecule has 0 heterocycles. The summed E-state index contributed by atoms with van der Waals surface area (Å²) in [4.78, 5) is 0.167. The van der Waals surface area contributed by atoms with E-state index in [0.717, 1.165) is 12.1 Å². The molecule has 0 amide bonds. The summed E-state index contributed by atoms with van der Waals surface area (Å²) in [6.45, 7) is 0. The highest BCUT2D eigenvalue weighted by Gasteiger charge is 2.31. The Kier molecular flexibility index (Phi) is 4.22. The molecule has 0 fully saturated rings. The zero-order valence-electron chi connectivity index (χ0n) is 10.7. The van der Waals surface area contributed by atoms with Gasteiger partial charge >= 0.3 is 6.36 Å². The van der Waals surface area contributed by atoms with Crippen LogP contribution in [0.1, 0.15) is 5.56 Å². The molecule has 2 aromatic rings. The van der Waals surface area contributed by atoms with Gasteiger partial charge in [-0.3, -0.25) is 0 Å². The minimum Gasteiger partial charge on any atom is -0.406 e. The summed E-state index contributed by atoms with van der Waals surface area (Å²) in [5.74, 6) is -0.674. The molecule has 0 atom stereocenters. The van der Waals surface area contributed by atoms with E-state index in [-0.39, 0.29) is 16.4 Å². The lowest BCUT2D eigenvalue weighted by Crippen LogP contribution is -2.17. The number of halogens is 3. The second kappa shape index (κ2) is 5.77. The highest BCUT2D eigenvalue weighted by molar-refractivity contribution is 7.90. The van der Waals surface area contributed by atoms with Crippen molar-refractivity contribution in [1.82, 2.24) is 0 Å². The van der Waals surface area contributed by atoms with E-state index < -0.39 is 16.2 Å². The Balaban J connectivity index is 2.14. The van der Waals surface area contributed by atoms with Crippen LogP contribution in [0.5, 0.6) is 5.75 Å². The molecule has 0 bridgehead atoms. The monoisotopic (exact) mass is 316 g/mol. The number of hydrogen-bond donors (Lipinski definition) is 0. The van der Waals surface area contributed by atoms with Crippen LogP contribution in [0.4, 0.5) is 13.2 Å². The predicted octanol–water partition coefficient (Wildman–Crippen LogP) is 3.56. The Morgan fingerprint density at radius 2 is 1.48 bits per heavy atom. The van der Waals surface area contributed by atoms with Crippen LogP contribution in [0.2, 0.25) is 0 Å². The van der Waals surface area contributed by atoms with Gasteiger partial charge in [-0.25, -0.2) is 8.42 Å². The smallest absolute Gasteiger partial charge is 0.406 e. The van der Waals surface area contributed by atoms with Gasteiger partial charge in [-0.1, -0.05) is 30.3 Å². The number of alkyl halides is 3. The van der Waals surface area contributed by atoms with E-state index in [1.165, 1.54) is 24.3 Å². The molecule has 0 aliphatic carbocycles. The molecule has 3 nitrogen and oxygen atoms in total. The van der Waals surface area contributed by atoms with Crippen molar-refractivity contribution in [3.63, 3.8) is 0 Å². The third-order valence-electron chi connectivity index (χ3n) is 2.62. The molecule has 0 aliphatic rings. The molecule has 0 aromatic heterocycles. The minimum absolute atomic E-state index is 0.167. The molecule has 0 spiro atoms. The number of benzene rings is 2. The highest BCUT2D eigenvalue weighted by atomic mass is 32.2. The molecule has 0 saturated carbocycles. The number of ether oxygens (including phenoxy) is 1. The first kappa shape index (κ1) is 15.4. The van der Waals surface area contributed by atoms with Gasteiger partial charge in [0.2, 0.25) is 0 Å². The molecule has 0 aliphatic heterocycles. The van der Waals surface area contributed by atoms with E-state index >= 15 is 0 Å². The maximum absolute atomic E-state index is 12.1. The van der Waals surface area contributed by atoms with Gasteiger partial charge in [-0.2, -0.15) is 0 Å². The molecule has 0 radical (unpaired) electrons. The molecule has 7 heteroatoms. The van der Waals surface area contributed by atoms with Gasteiger partial charge in [0, 0.05) is 0 Å². The van der Waals surface area contributed by atoms with Gasteiger partial charge in [0.05, 0.1) is 10.6 Å². The van der Waals surface area contributed by atoms with Gasteiger partial charge in [0.1, 0.15) is 5.75 Å². The van der Waals surface area contributed by atoms with E-state index in [9.17, 15) is 21.6 Å². The van der Waals surface area contributed by atoms with Crippen molar-refractivity contribution in [3.8, 4) is 5.75 Å². The van der Waals surface area contributed by atoms with Crippen molar-refractivity contribution in [3.05, 3.63) is 60.2 Å². The zero-order valence-corrected chi connectivity index (χ0v) is 11.5. The van der Waals surface area contributed by atoms with Gasteiger partial charge in [0.25, 0.3) is 0 Å². The fourth-order valence-electron chi connectivity index (χ4n) is 1.72. The van der Waals surface area contributed by atoms with Crippen molar-refractivity contribution >= 4 is 9.84 Å². The van der Waals surface area contributed by atoms with Gasteiger partial charge < -0.3 is 4.74 Å². The summed E-state index contributed by atoms with van der Waals surface area (Å²) < 4.78 is 64.0. The van der Waals surface area contributed by atoms with Gasteiger partial charge in [-0.05, 0) is 29.8 Å². The number of sulfone groups is 1. The topological polar surface area (TPSA) is 43.4 Å². The lowest BCUT2D eigenvalue weighted by atomic mass is 10.2. The normalized spacial score (nSPS) is 12.1. The minimum atomic E-state index is -4.77. The van der Waals surface area contributed by atoms with Crippen LogP contribution < -0.4 is 4.74 Å². The molecule has 2 aromatic carbocycles. The van der Waals surface area contributed by atoms with Crippen LogP contribution in [-0.4, -0.2) is 14.8 Å². The van der Waals surface area contributed by atoms with Crippen molar-refractivity contribution in [1.29, 1.82) is 0 Å². The third-order valence-corrected chi connectivity index (χ3v) is 4.32. The summed E-state index contributed by atoms with van der Waals surface area (Å²) in [6, 6.07) is 12.6. The average molecular weight is 316 g/mol. The Hall–Kier alpha value is -2.02. The van der Waals surface area contributed by atoms with E-state index in [4.69, 9.17) is 0 Å². The maximum Gasteiger partial charge on any atom is 0.573 e. The Bertz CT molecular complexity index is 692. The first-order valence-corrected chi connectivity index (χ1v) is 7.54. The lowest BCUT2D eigenvalue weighted by Gasteiger charge is -2.09. The molecule has 0 unspecified atom stereocenters. The fourth-order valence-corrected chi connectivity index (χ4v) is 3.09. The van der Waals surface area contributed by atoms with E-state index in [1.807, 2.05) is 0 Å². The van der Waals surface area contributed by atoms with Crippen LogP contribution in [0.3, 0.4) is 0 Å². The van der Waals surface area contributed by atoms with Crippen molar-refractivity contribution < 1.29 is 26.3 Å². The fraction of sp³-hybridized carbons (Fsp3) is 0.143. The highest BCUT2D eigenvalue weighted by Crippen LogP contribution is 2.24. The molecular formula is C14H11F3O3S. The standard InChI is InChI=1S/C14H11F3O3S/c15-14(16,17)20-12-8-6-11(7-9-12)10-21(18,19)13-4-2-1-3-5-13/h1-9H,10H2. The Labute approximate surface area is 119 Å². The van der Waals surface area contributed by atoms with Gasteiger partial charge in [0.15, 0.2) is 9.84 Å². The molecule has 0 N–H and O–H groups in total. The SMILES string of the molecule is O=S(=O)(Cc1ccc(OC(F)(F)F)cc1)c1ccccc1. The molecule has 0 saturated heterocycles.